The fourth-order valence-corrected chi connectivity index (χ4v) is 2.10. The third kappa shape index (κ3) is 1.35. The van der Waals surface area contributed by atoms with Crippen LogP contribution >= 0.6 is 11.3 Å². The smallest absolute Gasteiger partial charge is 0.183 e. The molecule has 0 aromatic carbocycles. The Labute approximate surface area is 95.6 Å². The Balaban J connectivity index is 2.27. The second kappa shape index (κ2) is 3.57. The van der Waals surface area contributed by atoms with E-state index in [1.807, 2.05) is 24.7 Å². The summed E-state index contributed by atoms with van der Waals surface area (Å²) >= 11 is 1.53. The zero-order valence-corrected chi connectivity index (χ0v) is 9.38. The average molecular weight is 231 g/mol. The fraction of sp³-hybridized carbons (Fsp3) is 0.100. The predicted molar refractivity (Wildman–Crippen MR) is 64.5 cm³/mol. The van der Waals surface area contributed by atoms with Gasteiger partial charge in [-0.15, -0.1) is 11.3 Å². The SMILES string of the molecule is CNc1nc(-c2cscn2)nc2[nH]ccc12. The first-order valence-electron chi connectivity index (χ1n) is 4.80. The van der Waals surface area contributed by atoms with E-state index < -0.39 is 0 Å². The number of fused-ring (bicyclic) bond motifs is 1. The molecule has 0 saturated heterocycles. The van der Waals surface area contributed by atoms with Crippen LogP contribution in [0.2, 0.25) is 0 Å². The molecule has 3 aromatic rings. The van der Waals surface area contributed by atoms with Gasteiger partial charge in [0.1, 0.15) is 17.2 Å². The van der Waals surface area contributed by atoms with Crippen LogP contribution in [0.1, 0.15) is 0 Å². The van der Waals surface area contributed by atoms with Crippen molar-refractivity contribution >= 4 is 28.2 Å². The molecule has 0 spiro atoms. The van der Waals surface area contributed by atoms with Crippen molar-refractivity contribution in [3.05, 3.63) is 23.2 Å². The summed E-state index contributed by atoms with van der Waals surface area (Å²) in [6.45, 7) is 0. The molecular formula is C10H9N5S. The molecule has 0 saturated carbocycles. The number of anilines is 1. The van der Waals surface area contributed by atoms with Gasteiger partial charge in [0.15, 0.2) is 5.82 Å². The minimum absolute atomic E-state index is 0.639. The molecular weight excluding hydrogens is 222 g/mol. The van der Waals surface area contributed by atoms with Crippen LogP contribution in [-0.4, -0.2) is 27.0 Å². The van der Waals surface area contributed by atoms with Crippen molar-refractivity contribution < 1.29 is 0 Å². The van der Waals surface area contributed by atoms with Gasteiger partial charge in [-0.2, -0.15) is 0 Å². The molecule has 0 radical (unpaired) electrons. The van der Waals surface area contributed by atoms with Gasteiger partial charge >= 0.3 is 0 Å². The Morgan fingerprint density at radius 3 is 3.06 bits per heavy atom. The number of hydrogen-bond acceptors (Lipinski definition) is 5. The Bertz CT molecular complexity index is 613. The van der Waals surface area contributed by atoms with Gasteiger partial charge in [-0.05, 0) is 6.07 Å². The molecule has 0 aliphatic heterocycles. The van der Waals surface area contributed by atoms with Crippen molar-refractivity contribution in [1.82, 2.24) is 19.9 Å². The first-order chi connectivity index (χ1) is 7.88. The van der Waals surface area contributed by atoms with Crippen LogP contribution in [0.5, 0.6) is 0 Å². The van der Waals surface area contributed by atoms with Gasteiger partial charge in [0.2, 0.25) is 0 Å². The van der Waals surface area contributed by atoms with E-state index in [2.05, 4.69) is 25.3 Å². The van der Waals surface area contributed by atoms with Crippen molar-refractivity contribution in [2.75, 3.05) is 12.4 Å². The summed E-state index contributed by atoms with van der Waals surface area (Å²) in [5, 5.41) is 5.98. The molecule has 0 aliphatic rings. The highest BCUT2D eigenvalue weighted by atomic mass is 32.1. The standard InChI is InChI=1S/C10H9N5S/c1-11-8-6-2-3-12-9(6)15-10(14-8)7-4-16-5-13-7/h2-5H,1H3,(H2,11,12,14,15). The van der Waals surface area contributed by atoms with Crippen LogP contribution in [0, 0.1) is 0 Å². The van der Waals surface area contributed by atoms with E-state index in [0.717, 1.165) is 22.5 Å². The van der Waals surface area contributed by atoms with Crippen molar-refractivity contribution in [2.24, 2.45) is 0 Å². The summed E-state index contributed by atoms with van der Waals surface area (Å²) in [4.78, 5) is 16.1. The molecule has 0 amide bonds. The molecule has 0 fully saturated rings. The molecule has 3 heterocycles. The first-order valence-corrected chi connectivity index (χ1v) is 5.74. The van der Waals surface area contributed by atoms with Gasteiger partial charge in [-0.3, -0.25) is 0 Å². The average Bonchev–Trinajstić information content (AvgIpc) is 2.97. The molecule has 0 bridgehead atoms. The normalized spacial score (nSPS) is 10.8. The van der Waals surface area contributed by atoms with Crippen molar-refractivity contribution in [2.45, 2.75) is 0 Å². The lowest BCUT2D eigenvalue weighted by Crippen LogP contribution is -1.97. The van der Waals surface area contributed by atoms with Crippen molar-refractivity contribution in [3.8, 4) is 11.5 Å². The van der Waals surface area contributed by atoms with Gasteiger partial charge in [-0.1, -0.05) is 0 Å². The second-order valence-corrected chi connectivity index (χ2v) is 3.98. The number of aromatic nitrogens is 4. The quantitative estimate of drug-likeness (QED) is 0.709. The van der Waals surface area contributed by atoms with E-state index in [0.29, 0.717) is 5.82 Å². The maximum atomic E-state index is 4.44. The minimum atomic E-state index is 0.639. The maximum Gasteiger partial charge on any atom is 0.183 e. The number of nitrogens with one attached hydrogen (secondary N) is 2. The summed E-state index contributed by atoms with van der Waals surface area (Å²) < 4.78 is 0. The summed E-state index contributed by atoms with van der Waals surface area (Å²) in [6, 6.07) is 1.95. The van der Waals surface area contributed by atoms with Crippen LogP contribution in [0.3, 0.4) is 0 Å². The van der Waals surface area contributed by atoms with Crippen LogP contribution in [0.15, 0.2) is 23.2 Å². The molecule has 0 atom stereocenters. The Hall–Kier alpha value is -1.95. The number of rotatable bonds is 2. The molecule has 0 aliphatic carbocycles. The third-order valence-electron chi connectivity index (χ3n) is 2.31. The van der Waals surface area contributed by atoms with Crippen LogP contribution < -0.4 is 5.32 Å². The zero-order valence-electron chi connectivity index (χ0n) is 8.56. The highest BCUT2D eigenvalue weighted by molar-refractivity contribution is 7.07. The first kappa shape index (κ1) is 9.29. The lowest BCUT2D eigenvalue weighted by Gasteiger charge is -2.03. The molecule has 3 aromatic heterocycles. The van der Waals surface area contributed by atoms with E-state index in [4.69, 9.17) is 0 Å². The molecule has 0 unspecified atom stereocenters. The molecule has 6 heteroatoms. The van der Waals surface area contributed by atoms with Gasteiger partial charge in [-0.25, -0.2) is 15.0 Å². The number of hydrogen-bond donors (Lipinski definition) is 2. The van der Waals surface area contributed by atoms with Crippen molar-refractivity contribution in [1.29, 1.82) is 0 Å². The van der Waals surface area contributed by atoms with Crippen LogP contribution in [-0.2, 0) is 0 Å². The summed E-state index contributed by atoms with van der Waals surface area (Å²) in [5.41, 5.74) is 3.40. The summed E-state index contributed by atoms with van der Waals surface area (Å²) in [7, 11) is 1.85. The highest BCUT2D eigenvalue weighted by Crippen LogP contribution is 2.23. The fourth-order valence-electron chi connectivity index (χ4n) is 1.57. The topological polar surface area (TPSA) is 66.5 Å². The lowest BCUT2D eigenvalue weighted by atomic mass is 10.3. The van der Waals surface area contributed by atoms with Crippen LogP contribution in [0.4, 0.5) is 5.82 Å². The molecule has 80 valence electrons. The predicted octanol–water partition coefficient (Wildman–Crippen LogP) is 2.12. The minimum Gasteiger partial charge on any atom is -0.372 e. The summed E-state index contributed by atoms with van der Waals surface area (Å²) in [5.74, 6) is 1.45. The molecule has 16 heavy (non-hydrogen) atoms. The van der Waals surface area contributed by atoms with E-state index in [1.165, 1.54) is 11.3 Å². The Morgan fingerprint density at radius 1 is 1.38 bits per heavy atom. The zero-order chi connectivity index (χ0) is 11.0. The third-order valence-corrected chi connectivity index (χ3v) is 2.90. The summed E-state index contributed by atoms with van der Waals surface area (Å²) in [6.07, 6.45) is 1.85. The number of thiazole rings is 1. The molecule has 2 N–H and O–H groups in total. The van der Waals surface area contributed by atoms with Gasteiger partial charge in [0.05, 0.1) is 10.9 Å². The lowest BCUT2D eigenvalue weighted by molar-refractivity contribution is 1.17. The number of H-pyrrole nitrogens is 1. The Morgan fingerprint density at radius 2 is 2.31 bits per heavy atom. The van der Waals surface area contributed by atoms with E-state index in [-0.39, 0.29) is 0 Å². The van der Waals surface area contributed by atoms with Crippen molar-refractivity contribution in [3.63, 3.8) is 0 Å². The number of nitrogens with zero attached hydrogens (tertiary/aromatic N) is 3. The second-order valence-electron chi connectivity index (χ2n) is 3.26. The largest absolute Gasteiger partial charge is 0.372 e. The Kier molecular flexibility index (Phi) is 2.07. The van der Waals surface area contributed by atoms with Gasteiger partial charge in [0.25, 0.3) is 0 Å². The maximum absolute atomic E-state index is 4.44. The van der Waals surface area contributed by atoms with E-state index in [9.17, 15) is 0 Å². The van der Waals surface area contributed by atoms with Gasteiger partial charge < -0.3 is 10.3 Å². The van der Waals surface area contributed by atoms with Crippen LogP contribution in [0.25, 0.3) is 22.6 Å². The number of aromatic amines is 1. The monoisotopic (exact) mass is 231 g/mol. The van der Waals surface area contributed by atoms with Gasteiger partial charge in [0, 0.05) is 18.6 Å². The van der Waals surface area contributed by atoms with E-state index in [1.54, 1.807) is 5.51 Å². The van der Waals surface area contributed by atoms with E-state index >= 15 is 0 Å². The molecule has 3 rings (SSSR count). The molecule has 5 nitrogen and oxygen atoms in total. The highest BCUT2D eigenvalue weighted by Gasteiger charge is 2.09.